The maximum atomic E-state index is 13.1. The fourth-order valence-electron chi connectivity index (χ4n) is 4.41. The number of hydrogen-bond donors (Lipinski definition) is 1. The number of rotatable bonds is 5. The van der Waals surface area contributed by atoms with E-state index in [2.05, 4.69) is 20.9 Å². The molecule has 2 heterocycles. The van der Waals surface area contributed by atoms with Crippen LogP contribution in [0.1, 0.15) is 40.2 Å². The van der Waals surface area contributed by atoms with E-state index in [0.717, 1.165) is 54.4 Å². The van der Waals surface area contributed by atoms with Crippen LogP contribution in [0.2, 0.25) is 0 Å². The molecule has 164 valence electrons. The van der Waals surface area contributed by atoms with Gasteiger partial charge in [0.15, 0.2) is 0 Å². The molecule has 3 aromatic rings. The van der Waals surface area contributed by atoms with Crippen LogP contribution in [0.5, 0.6) is 5.75 Å². The average Bonchev–Trinajstić information content (AvgIpc) is 3.13. The number of nitrogens with one attached hydrogen (secondary N) is 1. The number of piperidine rings is 1. The zero-order valence-electron chi connectivity index (χ0n) is 18.8. The zero-order chi connectivity index (χ0) is 22.7. The van der Waals surface area contributed by atoms with Gasteiger partial charge in [0.2, 0.25) is 0 Å². The summed E-state index contributed by atoms with van der Waals surface area (Å²) in [7, 11) is 1.65. The topological polar surface area (TPSA) is 70.3 Å². The number of anilines is 1. The van der Waals surface area contributed by atoms with Crippen molar-refractivity contribution in [2.24, 2.45) is 0 Å². The Hall–Kier alpha value is -3.72. The van der Waals surface area contributed by atoms with Gasteiger partial charge in [-0.25, -0.2) is 0 Å². The van der Waals surface area contributed by atoms with E-state index in [9.17, 15) is 4.79 Å². The molecule has 1 saturated heterocycles. The molecular formula is C26H28N4O2. The Bertz CT molecular complexity index is 1130. The fourth-order valence-corrected chi connectivity index (χ4v) is 4.41. The van der Waals surface area contributed by atoms with Crippen LogP contribution in [-0.4, -0.2) is 36.7 Å². The summed E-state index contributed by atoms with van der Waals surface area (Å²) in [4.78, 5) is 15.4. The predicted octanol–water partition coefficient (Wildman–Crippen LogP) is 4.37. The van der Waals surface area contributed by atoms with E-state index in [0.29, 0.717) is 11.1 Å². The number of amides is 1. The van der Waals surface area contributed by atoms with Gasteiger partial charge in [0.25, 0.3) is 5.91 Å². The molecule has 0 atom stereocenters. The quantitative estimate of drug-likeness (QED) is 0.655. The van der Waals surface area contributed by atoms with Crippen LogP contribution < -0.4 is 15.0 Å². The van der Waals surface area contributed by atoms with Gasteiger partial charge in [-0.05, 0) is 81.3 Å². The average molecular weight is 429 g/mol. The summed E-state index contributed by atoms with van der Waals surface area (Å²) in [5.74, 6) is 0.788. The summed E-state index contributed by atoms with van der Waals surface area (Å²) in [5, 5.41) is 12.2. The smallest absolute Gasteiger partial charge is 0.253 e. The van der Waals surface area contributed by atoms with E-state index >= 15 is 0 Å². The number of ether oxygens (including phenoxy) is 1. The fraction of sp³-hybridized carbons (Fsp3) is 0.308. The van der Waals surface area contributed by atoms with Crippen molar-refractivity contribution >= 4 is 11.6 Å². The number of carbonyl (C=O) groups excluding carboxylic acids is 1. The first-order valence-electron chi connectivity index (χ1n) is 10.9. The van der Waals surface area contributed by atoms with Crippen molar-refractivity contribution in [2.45, 2.75) is 32.7 Å². The molecule has 0 spiro atoms. The second-order valence-corrected chi connectivity index (χ2v) is 8.21. The van der Waals surface area contributed by atoms with Crippen molar-refractivity contribution in [3.05, 3.63) is 77.1 Å². The van der Waals surface area contributed by atoms with E-state index in [1.807, 2.05) is 68.4 Å². The Morgan fingerprint density at radius 1 is 1.03 bits per heavy atom. The highest BCUT2D eigenvalue weighted by Gasteiger charge is 2.23. The molecule has 6 nitrogen and oxygen atoms in total. The maximum absolute atomic E-state index is 13.1. The van der Waals surface area contributed by atoms with E-state index in [-0.39, 0.29) is 11.9 Å². The van der Waals surface area contributed by atoms with Crippen molar-refractivity contribution < 1.29 is 9.53 Å². The molecule has 1 aliphatic rings. The van der Waals surface area contributed by atoms with E-state index in [1.165, 1.54) is 0 Å². The van der Waals surface area contributed by atoms with Crippen LogP contribution >= 0.6 is 0 Å². The number of carbonyl (C=O) groups is 1. The van der Waals surface area contributed by atoms with Crippen LogP contribution in [0.3, 0.4) is 0 Å². The molecule has 1 N–H and O–H groups in total. The summed E-state index contributed by atoms with van der Waals surface area (Å²) in [6.07, 6.45) is 1.78. The number of aromatic nitrogens is 1. The molecule has 0 saturated carbocycles. The molecule has 1 fully saturated rings. The number of methoxy groups -OCH3 is 1. The molecule has 0 aliphatic carbocycles. The van der Waals surface area contributed by atoms with Gasteiger partial charge in [-0.15, -0.1) is 0 Å². The van der Waals surface area contributed by atoms with Crippen molar-refractivity contribution in [1.82, 2.24) is 9.88 Å². The third kappa shape index (κ3) is 4.33. The SMILES string of the molecule is COc1ccc(-n2c(C)cc(C(=O)NC3CCN(c4ccc(C#N)cc4)CC3)c2C)cc1. The lowest BCUT2D eigenvalue weighted by atomic mass is 10.0. The molecule has 0 radical (unpaired) electrons. The number of aryl methyl sites for hydroxylation is 1. The molecule has 1 aliphatic heterocycles. The number of nitriles is 1. The van der Waals surface area contributed by atoms with Crippen LogP contribution in [0.15, 0.2) is 54.6 Å². The number of benzene rings is 2. The molecule has 4 rings (SSSR count). The van der Waals surface area contributed by atoms with Crippen molar-refractivity contribution in [2.75, 3.05) is 25.1 Å². The monoisotopic (exact) mass is 428 g/mol. The molecule has 1 aromatic heterocycles. The van der Waals surface area contributed by atoms with Crippen molar-refractivity contribution in [3.8, 4) is 17.5 Å². The van der Waals surface area contributed by atoms with Gasteiger partial charge in [0.05, 0.1) is 24.3 Å². The van der Waals surface area contributed by atoms with Gasteiger partial charge in [-0.1, -0.05) is 0 Å². The summed E-state index contributed by atoms with van der Waals surface area (Å²) in [6, 6.07) is 19.8. The van der Waals surface area contributed by atoms with E-state index in [1.54, 1.807) is 7.11 Å². The predicted molar refractivity (Wildman–Crippen MR) is 126 cm³/mol. The Kier molecular flexibility index (Phi) is 6.18. The minimum absolute atomic E-state index is 0.0188. The minimum Gasteiger partial charge on any atom is -0.497 e. The largest absolute Gasteiger partial charge is 0.497 e. The molecule has 0 unspecified atom stereocenters. The van der Waals surface area contributed by atoms with Crippen LogP contribution in [-0.2, 0) is 0 Å². The lowest BCUT2D eigenvalue weighted by Gasteiger charge is -2.34. The normalized spacial score (nSPS) is 14.1. The van der Waals surface area contributed by atoms with Crippen LogP contribution in [0, 0.1) is 25.2 Å². The first kappa shape index (κ1) is 21.5. The molecule has 2 aromatic carbocycles. The molecule has 1 amide bonds. The number of hydrogen-bond acceptors (Lipinski definition) is 4. The maximum Gasteiger partial charge on any atom is 0.253 e. The summed E-state index contributed by atoms with van der Waals surface area (Å²) >= 11 is 0. The Balaban J connectivity index is 1.40. The van der Waals surface area contributed by atoms with E-state index in [4.69, 9.17) is 10.00 Å². The highest BCUT2D eigenvalue weighted by molar-refractivity contribution is 5.96. The van der Waals surface area contributed by atoms with Gasteiger partial charge < -0.3 is 19.5 Å². The highest BCUT2D eigenvalue weighted by atomic mass is 16.5. The van der Waals surface area contributed by atoms with Gasteiger partial charge in [-0.3, -0.25) is 4.79 Å². The lowest BCUT2D eigenvalue weighted by molar-refractivity contribution is 0.0930. The summed E-state index contributed by atoms with van der Waals surface area (Å²) < 4.78 is 7.35. The Morgan fingerprint density at radius 2 is 1.66 bits per heavy atom. The van der Waals surface area contributed by atoms with Gasteiger partial charge in [-0.2, -0.15) is 5.26 Å². The summed E-state index contributed by atoms with van der Waals surface area (Å²) in [6.45, 7) is 5.76. The molecular weight excluding hydrogens is 400 g/mol. The summed E-state index contributed by atoms with van der Waals surface area (Å²) in [5.41, 5.74) is 5.47. The first-order valence-corrected chi connectivity index (χ1v) is 10.9. The first-order chi connectivity index (χ1) is 15.5. The Morgan fingerprint density at radius 3 is 2.25 bits per heavy atom. The minimum atomic E-state index is -0.0188. The van der Waals surface area contributed by atoms with E-state index < -0.39 is 0 Å². The Labute approximate surface area is 189 Å². The van der Waals surface area contributed by atoms with Crippen molar-refractivity contribution in [1.29, 1.82) is 5.26 Å². The van der Waals surface area contributed by atoms with Crippen molar-refractivity contribution in [3.63, 3.8) is 0 Å². The molecule has 32 heavy (non-hydrogen) atoms. The van der Waals surface area contributed by atoms with Gasteiger partial charge in [0.1, 0.15) is 5.75 Å². The third-order valence-electron chi connectivity index (χ3n) is 6.20. The zero-order valence-corrected chi connectivity index (χ0v) is 18.8. The number of nitrogens with zero attached hydrogens (tertiary/aromatic N) is 3. The third-order valence-corrected chi connectivity index (χ3v) is 6.20. The van der Waals surface area contributed by atoms with Crippen LogP contribution in [0.4, 0.5) is 5.69 Å². The van der Waals surface area contributed by atoms with Crippen LogP contribution in [0.25, 0.3) is 5.69 Å². The molecule has 0 bridgehead atoms. The van der Waals surface area contributed by atoms with Gasteiger partial charge in [0, 0.05) is 41.9 Å². The second-order valence-electron chi connectivity index (χ2n) is 8.21. The highest BCUT2D eigenvalue weighted by Crippen LogP contribution is 2.24. The lowest BCUT2D eigenvalue weighted by Crippen LogP contribution is -2.44. The molecule has 6 heteroatoms. The second kappa shape index (κ2) is 9.19. The van der Waals surface area contributed by atoms with Gasteiger partial charge >= 0.3 is 0 Å². The standard InChI is InChI=1S/C26H28N4O2/c1-18-16-25(19(2)30(18)23-8-10-24(32-3)11-9-23)26(31)28-21-12-14-29(15-13-21)22-6-4-20(17-27)5-7-22/h4-11,16,21H,12-15H2,1-3H3,(H,28,31).